The van der Waals surface area contributed by atoms with Crippen LogP contribution in [0, 0.1) is 5.92 Å². The molecule has 0 aromatic rings. The van der Waals surface area contributed by atoms with Gasteiger partial charge < -0.3 is 9.64 Å². The van der Waals surface area contributed by atoms with Gasteiger partial charge in [-0.2, -0.15) is 0 Å². The topological polar surface area (TPSA) is 95.4 Å². The lowest BCUT2D eigenvalue weighted by Gasteiger charge is -2.29. The second kappa shape index (κ2) is 7.31. The molecule has 2 fully saturated rings. The van der Waals surface area contributed by atoms with Crippen LogP contribution in [-0.2, 0) is 14.3 Å². The van der Waals surface area contributed by atoms with Crippen molar-refractivity contribution in [3.05, 3.63) is 10.4 Å². The van der Waals surface area contributed by atoms with E-state index in [1.165, 1.54) is 6.42 Å². The van der Waals surface area contributed by atoms with Gasteiger partial charge in [-0.25, -0.2) is 4.79 Å². The number of esters is 1. The average molecular weight is 294 g/mol. The van der Waals surface area contributed by atoms with Crippen molar-refractivity contribution in [2.75, 3.05) is 13.2 Å². The zero-order valence-electron chi connectivity index (χ0n) is 12.4. The second-order valence-corrected chi connectivity index (χ2v) is 5.69. The molecule has 1 heterocycles. The van der Waals surface area contributed by atoms with Crippen molar-refractivity contribution in [2.24, 2.45) is 11.0 Å². The summed E-state index contributed by atoms with van der Waals surface area (Å²) >= 11 is 0. The molecule has 2 aliphatic rings. The van der Waals surface area contributed by atoms with E-state index in [-0.39, 0.29) is 24.5 Å². The first-order chi connectivity index (χ1) is 10.2. The molecule has 0 aromatic carbocycles. The van der Waals surface area contributed by atoms with Crippen molar-refractivity contribution in [3.8, 4) is 0 Å². The molecule has 2 atom stereocenters. The number of rotatable bonds is 4. The summed E-state index contributed by atoms with van der Waals surface area (Å²) in [5.74, 6) is -0.374. The molecule has 1 amide bonds. The number of carbonyl (C=O) groups excluding carboxylic acids is 2. The minimum absolute atomic E-state index is 0.000455. The van der Waals surface area contributed by atoms with Crippen LogP contribution < -0.4 is 0 Å². The SMILES string of the molecule is CCOC(=O)C1CC(N=[N+]=[N-])CN1C(=O)C1CCCCC1. The highest BCUT2D eigenvalue weighted by Gasteiger charge is 2.42. The number of ether oxygens (including phenoxy) is 1. The lowest BCUT2D eigenvalue weighted by molar-refractivity contribution is -0.154. The Labute approximate surface area is 124 Å². The van der Waals surface area contributed by atoms with Gasteiger partial charge in [0.15, 0.2) is 0 Å². The van der Waals surface area contributed by atoms with Crippen LogP contribution in [0.3, 0.4) is 0 Å². The number of hydrogen-bond donors (Lipinski definition) is 0. The van der Waals surface area contributed by atoms with Gasteiger partial charge in [-0.15, -0.1) is 0 Å². The number of azide groups is 1. The van der Waals surface area contributed by atoms with Crippen molar-refractivity contribution < 1.29 is 14.3 Å². The van der Waals surface area contributed by atoms with E-state index in [4.69, 9.17) is 10.3 Å². The van der Waals surface area contributed by atoms with Crippen molar-refractivity contribution in [1.29, 1.82) is 0 Å². The Bertz CT molecular complexity index is 442. The zero-order chi connectivity index (χ0) is 15.2. The molecule has 116 valence electrons. The number of amides is 1. The van der Waals surface area contributed by atoms with Gasteiger partial charge in [-0.3, -0.25) is 4.79 Å². The predicted octanol–water partition coefficient (Wildman–Crippen LogP) is 2.41. The zero-order valence-corrected chi connectivity index (χ0v) is 12.4. The summed E-state index contributed by atoms with van der Waals surface area (Å²) in [6.45, 7) is 2.35. The molecule has 1 aliphatic carbocycles. The molecule has 1 aliphatic heterocycles. The van der Waals surface area contributed by atoms with Gasteiger partial charge in [-0.1, -0.05) is 24.4 Å². The molecule has 0 aromatic heterocycles. The maximum absolute atomic E-state index is 12.7. The molecule has 21 heavy (non-hydrogen) atoms. The number of hydrogen-bond acceptors (Lipinski definition) is 4. The van der Waals surface area contributed by atoms with E-state index in [1.807, 2.05) is 0 Å². The Morgan fingerprint density at radius 3 is 2.67 bits per heavy atom. The standard InChI is InChI=1S/C14H22N4O3/c1-2-21-14(20)12-8-11(16-17-15)9-18(12)13(19)10-6-4-3-5-7-10/h10-12H,2-9H2,1H3. The van der Waals surface area contributed by atoms with Gasteiger partial charge >= 0.3 is 5.97 Å². The maximum Gasteiger partial charge on any atom is 0.328 e. The summed E-state index contributed by atoms with van der Waals surface area (Å²) in [6, 6.07) is -0.938. The van der Waals surface area contributed by atoms with E-state index >= 15 is 0 Å². The van der Waals surface area contributed by atoms with Crippen LogP contribution in [-0.4, -0.2) is 42.0 Å². The fraction of sp³-hybridized carbons (Fsp3) is 0.857. The summed E-state index contributed by atoms with van der Waals surface area (Å²) in [4.78, 5) is 29.1. The maximum atomic E-state index is 12.7. The fourth-order valence-corrected chi connectivity index (χ4v) is 3.26. The van der Waals surface area contributed by atoms with Gasteiger partial charge in [0.2, 0.25) is 5.91 Å². The summed E-state index contributed by atoms with van der Waals surface area (Å²) in [5.41, 5.74) is 8.57. The van der Waals surface area contributed by atoms with Crippen LogP contribution in [0.5, 0.6) is 0 Å². The van der Waals surface area contributed by atoms with Crippen LogP contribution in [0.1, 0.15) is 45.4 Å². The van der Waals surface area contributed by atoms with E-state index in [1.54, 1.807) is 11.8 Å². The van der Waals surface area contributed by atoms with Crippen molar-refractivity contribution >= 4 is 11.9 Å². The second-order valence-electron chi connectivity index (χ2n) is 5.69. The Morgan fingerprint density at radius 1 is 1.33 bits per heavy atom. The van der Waals surface area contributed by atoms with Crippen molar-refractivity contribution in [3.63, 3.8) is 0 Å². The first-order valence-corrected chi connectivity index (χ1v) is 7.68. The van der Waals surface area contributed by atoms with Gasteiger partial charge in [-0.05, 0) is 31.7 Å². The third-order valence-electron chi connectivity index (χ3n) is 4.29. The van der Waals surface area contributed by atoms with Gasteiger partial charge in [0.25, 0.3) is 0 Å². The molecule has 1 saturated heterocycles. The molecule has 7 nitrogen and oxygen atoms in total. The summed E-state index contributed by atoms with van der Waals surface area (Å²) < 4.78 is 5.05. The van der Waals surface area contributed by atoms with Crippen LogP contribution in [0.4, 0.5) is 0 Å². The molecule has 2 unspecified atom stereocenters. The predicted molar refractivity (Wildman–Crippen MR) is 76.3 cm³/mol. The molecule has 0 N–H and O–H groups in total. The molecule has 7 heteroatoms. The monoisotopic (exact) mass is 294 g/mol. The van der Waals surface area contributed by atoms with Crippen LogP contribution in [0.25, 0.3) is 10.4 Å². The lowest BCUT2D eigenvalue weighted by atomic mass is 9.88. The third kappa shape index (κ3) is 3.67. The van der Waals surface area contributed by atoms with Crippen molar-refractivity contribution in [1.82, 2.24) is 4.90 Å². The van der Waals surface area contributed by atoms with Crippen molar-refractivity contribution in [2.45, 2.75) is 57.5 Å². The summed E-state index contributed by atoms with van der Waals surface area (Å²) in [5, 5.41) is 3.67. The molecule has 0 spiro atoms. The number of nitrogens with zero attached hydrogens (tertiary/aromatic N) is 4. The highest BCUT2D eigenvalue weighted by Crippen LogP contribution is 2.30. The molecule has 2 rings (SSSR count). The molecular formula is C14H22N4O3. The normalized spacial score (nSPS) is 26.2. The Kier molecular flexibility index (Phi) is 5.44. The van der Waals surface area contributed by atoms with Gasteiger partial charge in [0, 0.05) is 17.4 Å². The van der Waals surface area contributed by atoms with Crippen LogP contribution >= 0.6 is 0 Å². The Morgan fingerprint density at radius 2 is 2.05 bits per heavy atom. The first kappa shape index (κ1) is 15.6. The highest BCUT2D eigenvalue weighted by atomic mass is 16.5. The van der Waals surface area contributed by atoms with Crippen LogP contribution in [0.2, 0.25) is 0 Å². The van der Waals surface area contributed by atoms with Gasteiger partial charge in [0.1, 0.15) is 6.04 Å². The van der Waals surface area contributed by atoms with E-state index in [0.29, 0.717) is 13.0 Å². The minimum atomic E-state index is -0.602. The number of likely N-dealkylation sites (tertiary alicyclic amines) is 1. The van der Waals surface area contributed by atoms with Crippen LogP contribution in [0.15, 0.2) is 5.11 Å². The van der Waals surface area contributed by atoms with E-state index in [0.717, 1.165) is 25.7 Å². The molecular weight excluding hydrogens is 272 g/mol. The summed E-state index contributed by atoms with van der Waals surface area (Å²) in [7, 11) is 0. The largest absolute Gasteiger partial charge is 0.464 e. The van der Waals surface area contributed by atoms with E-state index in [9.17, 15) is 9.59 Å². The molecule has 1 saturated carbocycles. The summed E-state index contributed by atoms with van der Waals surface area (Å²) in [6.07, 6.45) is 5.43. The fourth-order valence-electron chi connectivity index (χ4n) is 3.26. The van der Waals surface area contributed by atoms with E-state index < -0.39 is 12.0 Å². The van der Waals surface area contributed by atoms with Gasteiger partial charge in [0.05, 0.1) is 12.6 Å². The lowest BCUT2D eigenvalue weighted by Crippen LogP contribution is -2.44. The highest BCUT2D eigenvalue weighted by molar-refractivity contribution is 5.86. The van der Waals surface area contributed by atoms with E-state index in [2.05, 4.69) is 10.0 Å². The average Bonchev–Trinajstić information content (AvgIpc) is 2.92. The molecule has 0 bridgehead atoms. The molecule has 0 radical (unpaired) electrons. The smallest absolute Gasteiger partial charge is 0.328 e. The minimum Gasteiger partial charge on any atom is -0.464 e. The Hall–Kier alpha value is -1.75. The quantitative estimate of drug-likeness (QED) is 0.345. The first-order valence-electron chi connectivity index (χ1n) is 7.68. The Balaban J connectivity index is 2.10. The third-order valence-corrected chi connectivity index (χ3v) is 4.29. The number of carbonyl (C=O) groups is 2.